The molecule has 0 saturated heterocycles. The number of thioether (sulfide) groups is 2. The van der Waals surface area contributed by atoms with E-state index in [2.05, 4.69) is 12.5 Å². The third-order valence-corrected chi connectivity index (χ3v) is 5.21. The van der Waals surface area contributed by atoms with Crippen LogP contribution in [0.2, 0.25) is 0 Å². The van der Waals surface area contributed by atoms with Gasteiger partial charge in [0.25, 0.3) is 0 Å². The zero-order chi connectivity index (χ0) is 9.07. The maximum atomic E-state index is 2.18. The lowest BCUT2D eigenvalue weighted by Crippen LogP contribution is -1.83. The molecule has 74 valence electrons. The predicted octanol–water partition coefficient (Wildman–Crippen LogP) is 3.87. The van der Waals surface area contributed by atoms with Crippen LogP contribution in [0.5, 0.6) is 0 Å². The van der Waals surface area contributed by atoms with Crippen LogP contribution in [0.25, 0.3) is 0 Å². The monoisotopic (exact) mass is 242 g/mol. The normalized spacial score (nSPS) is 10.5. The van der Waals surface area contributed by atoms with Gasteiger partial charge in [0.2, 0.25) is 0 Å². The highest BCUT2D eigenvalue weighted by Crippen LogP contribution is 2.23. The van der Waals surface area contributed by atoms with Crippen LogP contribution in [0.1, 0.15) is 12.8 Å². The van der Waals surface area contributed by atoms with Gasteiger partial charge < -0.3 is 0 Å². The van der Waals surface area contributed by atoms with Gasteiger partial charge in [-0.2, -0.15) is 23.5 Å². The second-order valence-corrected chi connectivity index (χ2v) is 7.01. The molecule has 0 aromatic carbocycles. The third kappa shape index (κ3) is 11.4. The van der Waals surface area contributed by atoms with Crippen LogP contribution in [0, 0.1) is 0 Å². The summed E-state index contributed by atoms with van der Waals surface area (Å²) in [7, 11) is 4.08. The van der Waals surface area contributed by atoms with Crippen molar-refractivity contribution in [3.63, 3.8) is 0 Å². The molecule has 0 atom stereocenters. The highest BCUT2D eigenvalue weighted by molar-refractivity contribution is 8.76. The Kier molecular flexibility index (Phi) is 13.8. The van der Waals surface area contributed by atoms with Crippen LogP contribution in [-0.4, -0.2) is 35.5 Å². The van der Waals surface area contributed by atoms with Crippen LogP contribution in [0.15, 0.2) is 0 Å². The molecular weight excluding hydrogens is 224 g/mol. The molecule has 0 saturated carbocycles. The van der Waals surface area contributed by atoms with E-state index in [4.69, 9.17) is 0 Å². The van der Waals surface area contributed by atoms with Crippen LogP contribution < -0.4 is 0 Å². The second-order valence-electron chi connectivity index (χ2n) is 2.34. The molecule has 0 unspecified atom stereocenters. The minimum absolute atomic E-state index is 1.32. The summed E-state index contributed by atoms with van der Waals surface area (Å²) in [6.45, 7) is 0. The molecule has 0 amide bonds. The zero-order valence-corrected chi connectivity index (χ0v) is 11.1. The summed E-state index contributed by atoms with van der Waals surface area (Å²) < 4.78 is 0. The molecule has 0 aromatic heterocycles. The molecule has 0 spiro atoms. The first-order valence-electron chi connectivity index (χ1n) is 4.14. The van der Waals surface area contributed by atoms with Gasteiger partial charge in [-0.25, -0.2) is 0 Å². The van der Waals surface area contributed by atoms with E-state index in [0.717, 1.165) is 0 Å². The maximum absolute atomic E-state index is 2.18. The van der Waals surface area contributed by atoms with E-state index in [-0.39, 0.29) is 0 Å². The summed E-state index contributed by atoms with van der Waals surface area (Å²) in [5.74, 6) is 5.28. The van der Waals surface area contributed by atoms with Crippen molar-refractivity contribution in [1.82, 2.24) is 0 Å². The van der Waals surface area contributed by atoms with Gasteiger partial charge >= 0.3 is 0 Å². The van der Waals surface area contributed by atoms with E-state index >= 15 is 0 Å². The molecule has 0 radical (unpaired) electrons. The van der Waals surface area contributed by atoms with E-state index < -0.39 is 0 Å². The molecule has 0 nitrogen and oxygen atoms in total. The lowest BCUT2D eigenvalue weighted by Gasteiger charge is -1.99. The Balaban J connectivity index is 2.73. The summed E-state index contributed by atoms with van der Waals surface area (Å²) >= 11 is 3.90. The van der Waals surface area contributed by atoms with Crippen molar-refractivity contribution >= 4 is 45.1 Å². The molecule has 0 aliphatic carbocycles. The van der Waals surface area contributed by atoms with Gasteiger partial charge in [0.15, 0.2) is 0 Å². The highest BCUT2D eigenvalue weighted by atomic mass is 33.1. The number of hydrogen-bond acceptors (Lipinski definition) is 4. The van der Waals surface area contributed by atoms with Gasteiger partial charge in [-0.15, -0.1) is 0 Å². The maximum Gasteiger partial charge on any atom is 0.00447 e. The molecule has 0 fully saturated rings. The van der Waals surface area contributed by atoms with Crippen LogP contribution >= 0.6 is 45.1 Å². The van der Waals surface area contributed by atoms with Gasteiger partial charge in [0, 0.05) is 11.5 Å². The second kappa shape index (κ2) is 12.4. The summed E-state index contributed by atoms with van der Waals surface area (Å²) in [5, 5.41) is 0. The van der Waals surface area contributed by atoms with Gasteiger partial charge in [-0.05, 0) is 36.9 Å². The van der Waals surface area contributed by atoms with E-state index in [1.807, 2.05) is 45.1 Å². The van der Waals surface area contributed by atoms with Crippen molar-refractivity contribution in [2.24, 2.45) is 0 Å². The lowest BCUT2D eigenvalue weighted by atomic mass is 10.6. The Hall–Kier alpha value is 1.40. The molecule has 0 bridgehead atoms. The quantitative estimate of drug-likeness (QED) is 0.444. The van der Waals surface area contributed by atoms with E-state index in [1.54, 1.807) is 0 Å². The van der Waals surface area contributed by atoms with E-state index in [9.17, 15) is 0 Å². The molecule has 0 aromatic rings. The third-order valence-electron chi connectivity index (χ3n) is 1.24. The Bertz CT molecular complexity index is 67.5. The fraction of sp³-hybridized carbons (Fsp3) is 1.00. The Labute approximate surface area is 93.2 Å². The van der Waals surface area contributed by atoms with Gasteiger partial charge in [0.1, 0.15) is 0 Å². The topological polar surface area (TPSA) is 0 Å². The van der Waals surface area contributed by atoms with Crippen molar-refractivity contribution in [2.75, 3.05) is 35.5 Å². The van der Waals surface area contributed by atoms with Crippen LogP contribution in [0.4, 0.5) is 0 Å². The predicted molar refractivity (Wildman–Crippen MR) is 70.9 cm³/mol. The Morgan fingerprint density at radius 1 is 0.667 bits per heavy atom. The molecular formula is C8H18S4. The molecule has 4 heteroatoms. The zero-order valence-electron chi connectivity index (χ0n) is 7.88. The highest BCUT2D eigenvalue weighted by Gasteiger charge is 1.90. The minimum Gasteiger partial charge on any atom is -0.165 e. The summed E-state index contributed by atoms with van der Waals surface area (Å²) in [4.78, 5) is 0. The fourth-order valence-electron chi connectivity index (χ4n) is 0.642. The van der Waals surface area contributed by atoms with E-state index in [0.29, 0.717) is 0 Å². The van der Waals surface area contributed by atoms with E-state index in [1.165, 1.54) is 35.9 Å². The summed E-state index contributed by atoms with van der Waals surface area (Å²) in [6, 6.07) is 0. The Morgan fingerprint density at radius 3 is 1.42 bits per heavy atom. The van der Waals surface area contributed by atoms with Crippen LogP contribution in [-0.2, 0) is 0 Å². The SMILES string of the molecule is CSCCCSSCCCSC. The first-order chi connectivity index (χ1) is 5.91. The van der Waals surface area contributed by atoms with Crippen molar-refractivity contribution in [3.8, 4) is 0 Å². The lowest BCUT2D eigenvalue weighted by molar-refractivity contribution is 1.13. The summed E-state index contributed by atoms with van der Waals surface area (Å²) in [6.07, 6.45) is 7.08. The molecule has 0 rings (SSSR count). The average Bonchev–Trinajstić information content (AvgIpc) is 2.10. The number of rotatable bonds is 9. The standard InChI is InChI=1S/C8H18S4/c1-9-5-3-7-11-12-8-4-6-10-2/h3-8H2,1-2H3. The molecule has 12 heavy (non-hydrogen) atoms. The average molecular weight is 242 g/mol. The molecule has 0 heterocycles. The molecule has 0 aliphatic heterocycles. The fourth-order valence-corrected chi connectivity index (χ4v) is 4.05. The minimum atomic E-state index is 1.32. The Morgan fingerprint density at radius 2 is 1.08 bits per heavy atom. The summed E-state index contributed by atoms with van der Waals surface area (Å²) in [5.41, 5.74) is 0. The first-order valence-corrected chi connectivity index (χ1v) is 9.41. The van der Waals surface area contributed by atoms with Crippen molar-refractivity contribution in [2.45, 2.75) is 12.8 Å². The van der Waals surface area contributed by atoms with Crippen LogP contribution in [0.3, 0.4) is 0 Å². The van der Waals surface area contributed by atoms with Crippen molar-refractivity contribution in [3.05, 3.63) is 0 Å². The van der Waals surface area contributed by atoms with Gasteiger partial charge in [0.05, 0.1) is 0 Å². The first kappa shape index (κ1) is 13.4. The molecule has 0 N–H and O–H groups in total. The number of hydrogen-bond donors (Lipinski definition) is 0. The van der Waals surface area contributed by atoms with Crippen molar-refractivity contribution < 1.29 is 0 Å². The van der Waals surface area contributed by atoms with Gasteiger partial charge in [-0.3, -0.25) is 0 Å². The smallest absolute Gasteiger partial charge is 0.00447 e. The van der Waals surface area contributed by atoms with Crippen molar-refractivity contribution in [1.29, 1.82) is 0 Å². The van der Waals surface area contributed by atoms with Gasteiger partial charge in [-0.1, -0.05) is 21.6 Å². The molecule has 0 aliphatic rings. The largest absolute Gasteiger partial charge is 0.165 e.